The third-order valence-electron chi connectivity index (χ3n) is 7.52. The van der Waals surface area contributed by atoms with Crippen LogP contribution in [0.3, 0.4) is 0 Å². The van der Waals surface area contributed by atoms with E-state index in [2.05, 4.69) is 38.0 Å². The number of carboxylic acid groups (broad SMARTS) is 1. The van der Waals surface area contributed by atoms with E-state index in [-0.39, 0.29) is 24.4 Å². The molecule has 0 spiro atoms. The molecular weight excluding hydrogens is 518 g/mol. The van der Waals surface area contributed by atoms with Gasteiger partial charge in [-0.25, -0.2) is 14.8 Å². The SMILES string of the molecule is CN(C)c1cc(N[C@H]2CC[C@@H](NC(=O)[C@H](Cc3cn(Cc4ccccc4)cn3)NC(=O)O)CC2)nc2ccccc12. The number of hydrogen-bond acceptors (Lipinski definition) is 6. The van der Waals surface area contributed by atoms with Gasteiger partial charge in [-0.15, -0.1) is 0 Å². The zero-order valence-corrected chi connectivity index (χ0v) is 23.5. The maximum Gasteiger partial charge on any atom is 0.405 e. The molecule has 0 unspecified atom stereocenters. The lowest BCUT2D eigenvalue weighted by Gasteiger charge is -2.31. The maximum absolute atomic E-state index is 13.1. The summed E-state index contributed by atoms with van der Waals surface area (Å²) in [6, 6.07) is 19.5. The van der Waals surface area contributed by atoms with E-state index < -0.39 is 12.1 Å². The van der Waals surface area contributed by atoms with Gasteiger partial charge in [-0.2, -0.15) is 0 Å². The van der Waals surface area contributed by atoms with Crippen LogP contribution in [0.2, 0.25) is 0 Å². The average Bonchev–Trinajstić information content (AvgIpc) is 3.40. The summed E-state index contributed by atoms with van der Waals surface area (Å²) in [7, 11) is 4.06. The molecule has 1 aliphatic carbocycles. The Kier molecular flexibility index (Phi) is 8.67. The number of fused-ring (bicyclic) bond motifs is 1. The van der Waals surface area contributed by atoms with Gasteiger partial charge >= 0.3 is 6.09 Å². The summed E-state index contributed by atoms with van der Waals surface area (Å²) in [5.74, 6) is 0.519. The zero-order chi connectivity index (χ0) is 28.8. The molecular formula is C31H37N7O3. The van der Waals surface area contributed by atoms with Crippen molar-refractivity contribution in [3.63, 3.8) is 0 Å². The largest absolute Gasteiger partial charge is 0.465 e. The van der Waals surface area contributed by atoms with E-state index >= 15 is 0 Å². The molecule has 2 aromatic heterocycles. The van der Waals surface area contributed by atoms with Crippen molar-refractivity contribution in [3.05, 3.63) is 84.4 Å². The fourth-order valence-electron chi connectivity index (χ4n) is 5.45. The first-order valence-corrected chi connectivity index (χ1v) is 14.0. The van der Waals surface area contributed by atoms with Crippen molar-refractivity contribution in [2.24, 2.45) is 0 Å². The van der Waals surface area contributed by atoms with Gasteiger partial charge in [0, 0.05) is 62.5 Å². The van der Waals surface area contributed by atoms with Gasteiger partial charge in [0.2, 0.25) is 5.91 Å². The molecule has 2 aromatic carbocycles. The number of pyridine rings is 1. The van der Waals surface area contributed by atoms with Crippen LogP contribution in [0.5, 0.6) is 0 Å². The molecule has 214 valence electrons. The van der Waals surface area contributed by atoms with Gasteiger partial charge in [-0.05, 0) is 37.3 Å². The highest BCUT2D eigenvalue weighted by Gasteiger charge is 2.27. The van der Waals surface area contributed by atoms with Crippen LogP contribution in [0, 0.1) is 0 Å². The minimum Gasteiger partial charge on any atom is -0.465 e. The third-order valence-corrected chi connectivity index (χ3v) is 7.52. The summed E-state index contributed by atoms with van der Waals surface area (Å²) < 4.78 is 1.93. The molecule has 10 heteroatoms. The van der Waals surface area contributed by atoms with Crippen molar-refractivity contribution in [2.75, 3.05) is 24.3 Å². The second-order valence-corrected chi connectivity index (χ2v) is 10.9. The Balaban J connectivity index is 1.16. The molecule has 0 aliphatic heterocycles. The Labute approximate surface area is 239 Å². The predicted octanol–water partition coefficient (Wildman–Crippen LogP) is 4.26. The maximum atomic E-state index is 13.1. The fourth-order valence-corrected chi connectivity index (χ4v) is 5.45. The van der Waals surface area contributed by atoms with Crippen molar-refractivity contribution in [3.8, 4) is 0 Å². The topological polar surface area (TPSA) is 124 Å². The second kappa shape index (κ2) is 12.7. The van der Waals surface area contributed by atoms with E-state index in [0.717, 1.165) is 53.7 Å². The molecule has 1 saturated carbocycles. The van der Waals surface area contributed by atoms with Crippen LogP contribution in [-0.2, 0) is 17.8 Å². The number of carbonyl (C=O) groups excluding carboxylic acids is 1. The molecule has 4 N–H and O–H groups in total. The van der Waals surface area contributed by atoms with Crippen LogP contribution >= 0.6 is 0 Å². The molecule has 10 nitrogen and oxygen atoms in total. The first-order chi connectivity index (χ1) is 19.8. The van der Waals surface area contributed by atoms with E-state index in [4.69, 9.17) is 4.98 Å². The number of aromatic nitrogens is 3. The summed E-state index contributed by atoms with van der Waals surface area (Å²) >= 11 is 0. The highest BCUT2D eigenvalue weighted by atomic mass is 16.4. The number of para-hydroxylation sites is 1. The van der Waals surface area contributed by atoms with Gasteiger partial charge in [0.05, 0.1) is 17.5 Å². The molecule has 41 heavy (non-hydrogen) atoms. The quantitative estimate of drug-likeness (QED) is 0.230. The summed E-state index contributed by atoms with van der Waals surface area (Å²) in [6.07, 6.45) is 5.84. The highest BCUT2D eigenvalue weighted by Crippen LogP contribution is 2.29. The number of benzene rings is 2. The summed E-state index contributed by atoms with van der Waals surface area (Å²) in [6.45, 7) is 0.652. The van der Waals surface area contributed by atoms with Crippen molar-refractivity contribution in [1.29, 1.82) is 0 Å². The lowest BCUT2D eigenvalue weighted by atomic mass is 9.90. The Morgan fingerprint density at radius 1 is 1.02 bits per heavy atom. The molecule has 5 rings (SSSR count). The number of anilines is 2. The standard InChI is InChI=1S/C31H37N7O3/c1-37(2)28-17-29(35-26-11-7-6-10-25(26)28)33-22-12-14-23(15-13-22)34-30(39)27(36-31(40)41)16-24-19-38(20-32-24)18-21-8-4-3-5-9-21/h3-11,17,19-20,22-23,27,36H,12-16,18H2,1-2H3,(H,33,35)(H,34,39)(H,40,41)/t22-,23+,27-/m0/s1. The van der Waals surface area contributed by atoms with Gasteiger partial charge in [0.15, 0.2) is 0 Å². The van der Waals surface area contributed by atoms with Crippen molar-refractivity contribution in [2.45, 2.75) is 56.8 Å². The number of nitrogens with one attached hydrogen (secondary N) is 3. The van der Waals surface area contributed by atoms with Gasteiger partial charge in [-0.3, -0.25) is 4.79 Å². The van der Waals surface area contributed by atoms with E-state index in [9.17, 15) is 14.7 Å². The third kappa shape index (κ3) is 7.33. The predicted molar refractivity (Wildman–Crippen MR) is 160 cm³/mol. The van der Waals surface area contributed by atoms with E-state index in [1.165, 1.54) is 0 Å². The number of rotatable bonds is 10. The van der Waals surface area contributed by atoms with Crippen LogP contribution in [0.4, 0.5) is 16.3 Å². The monoisotopic (exact) mass is 555 g/mol. The van der Waals surface area contributed by atoms with Crippen molar-refractivity contribution >= 4 is 34.4 Å². The first kappa shape index (κ1) is 27.9. The Morgan fingerprint density at radius 3 is 2.46 bits per heavy atom. The van der Waals surface area contributed by atoms with Crippen LogP contribution in [-0.4, -0.2) is 63.9 Å². The van der Waals surface area contributed by atoms with E-state index in [0.29, 0.717) is 12.2 Å². The van der Waals surface area contributed by atoms with E-state index in [1.54, 1.807) is 6.33 Å². The van der Waals surface area contributed by atoms with Crippen LogP contribution in [0.15, 0.2) is 73.2 Å². The first-order valence-electron chi connectivity index (χ1n) is 14.0. The van der Waals surface area contributed by atoms with Gasteiger partial charge in [0.1, 0.15) is 11.9 Å². The van der Waals surface area contributed by atoms with Gasteiger partial charge in [0.25, 0.3) is 0 Å². The summed E-state index contributed by atoms with van der Waals surface area (Å²) in [5.41, 5.74) is 3.85. The molecule has 0 radical (unpaired) electrons. The Morgan fingerprint density at radius 2 is 1.73 bits per heavy atom. The van der Waals surface area contributed by atoms with Crippen LogP contribution in [0.25, 0.3) is 10.9 Å². The summed E-state index contributed by atoms with van der Waals surface area (Å²) in [4.78, 5) is 35.9. The van der Waals surface area contributed by atoms with Crippen molar-refractivity contribution in [1.82, 2.24) is 25.2 Å². The van der Waals surface area contributed by atoms with Crippen LogP contribution in [0.1, 0.15) is 36.9 Å². The molecule has 4 aromatic rings. The van der Waals surface area contributed by atoms with E-state index in [1.807, 2.05) is 73.4 Å². The van der Waals surface area contributed by atoms with Crippen molar-refractivity contribution < 1.29 is 14.7 Å². The molecule has 2 heterocycles. The minimum atomic E-state index is -1.23. The fraction of sp³-hybridized carbons (Fsp3) is 0.355. The normalized spacial score (nSPS) is 17.5. The molecule has 0 saturated heterocycles. The molecule has 1 aliphatic rings. The molecule has 0 bridgehead atoms. The lowest BCUT2D eigenvalue weighted by molar-refractivity contribution is -0.124. The molecule has 1 fully saturated rings. The summed E-state index contributed by atoms with van der Waals surface area (Å²) in [5, 5.41) is 19.5. The number of carbonyl (C=O) groups is 2. The number of hydrogen-bond donors (Lipinski definition) is 4. The number of amides is 2. The minimum absolute atomic E-state index is 0.0174. The molecule has 2 amide bonds. The second-order valence-electron chi connectivity index (χ2n) is 10.9. The lowest BCUT2D eigenvalue weighted by Crippen LogP contribution is -2.51. The smallest absolute Gasteiger partial charge is 0.405 e. The highest BCUT2D eigenvalue weighted by molar-refractivity contribution is 5.93. The molecule has 1 atom stereocenters. The number of nitrogens with zero attached hydrogens (tertiary/aromatic N) is 4. The van der Waals surface area contributed by atoms with Gasteiger partial charge < -0.3 is 30.5 Å². The number of imidazole rings is 1. The average molecular weight is 556 g/mol. The Bertz CT molecular complexity index is 1480. The van der Waals surface area contributed by atoms with Crippen LogP contribution < -0.4 is 20.9 Å². The Hall–Kier alpha value is -4.60. The van der Waals surface area contributed by atoms with Gasteiger partial charge in [-0.1, -0.05) is 48.5 Å². The zero-order valence-electron chi connectivity index (χ0n) is 23.5.